The van der Waals surface area contributed by atoms with Crippen LogP contribution in [0.1, 0.15) is 26.3 Å². The van der Waals surface area contributed by atoms with Crippen molar-refractivity contribution in [1.82, 2.24) is 4.90 Å². The Morgan fingerprint density at radius 3 is 2.25 bits per heavy atom. The van der Waals surface area contributed by atoms with Crippen LogP contribution in [0.25, 0.3) is 0 Å². The maximum atomic E-state index is 5.63. The first-order chi connectivity index (χ1) is 9.33. The van der Waals surface area contributed by atoms with Gasteiger partial charge in [0.25, 0.3) is 0 Å². The first kappa shape index (κ1) is 13.7. The van der Waals surface area contributed by atoms with Crippen molar-refractivity contribution in [3.63, 3.8) is 0 Å². The van der Waals surface area contributed by atoms with Gasteiger partial charge in [-0.3, -0.25) is 0 Å². The van der Waals surface area contributed by atoms with Crippen LogP contribution in [0.4, 0.5) is 5.69 Å². The van der Waals surface area contributed by atoms with E-state index in [0.29, 0.717) is 5.41 Å². The van der Waals surface area contributed by atoms with Gasteiger partial charge in [0.05, 0.1) is 12.8 Å². The number of methoxy groups -OCH3 is 1. The molecule has 110 valence electrons. The minimum absolute atomic E-state index is 0.165. The molecule has 0 bridgehead atoms. The van der Waals surface area contributed by atoms with Gasteiger partial charge in [0, 0.05) is 31.6 Å². The topological polar surface area (TPSA) is 15.7 Å². The van der Waals surface area contributed by atoms with Gasteiger partial charge in [-0.05, 0) is 30.2 Å². The molecule has 1 spiro atoms. The predicted molar refractivity (Wildman–Crippen MR) is 83.8 cm³/mol. The molecule has 3 nitrogen and oxygen atoms in total. The van der Waals surface area contributed by atoms with Crippen molar-refractivity contribution in [3.05, 3.63) is 23.8 Å². The first-order valence-electron chi connectivity index (χ1n) is 7.45. The van der Waals surface area contributed by atoms with Crippen LogP contribution in [0.3, 0.4) is 0 Å². The van der Waals surface area contributed by atoms with Gasteiger partial charge >= 0.3 is 0 Å². The third-order valence-electron chi connectivity index (χ3n) is 4.65. The third kappa shape index (κ3) is 2.18. The highest BCUT2D eigenvalue weighted by Crippen LogP contribution is 2.44. The zero-order chi connectivity index (χ0) is 14.5. The molecule has 0 amide bonds. The van der Waals surface area contributed by atoms with E-state index in [-0.39, 0.29) is 5.41 Å². The maximum absolute atomic E-state index is 5.63. The number of benzene rings is 1. The highest BCUT2D eigenvalue weighted by Gasteiger charge is 2.50. The fourth-order valence-electron chi connectivity index (χ4n) is 3.64. The summed E-state index contributed by atoms with van der Waals surface area (Å²) in [5, 5.41) is 0. The van der Waals surface area contributed by atoms with Crippen molar-refractivity contribution in [1.29, 1.82) is 0 Å². The summed E-state index contributed by atoms with van der Waals surface area (Å²) < 4.78 is 5.63. The van der Waals surface area contributed by atoms with E-state index in [1.54, 1.807) is 7.11 Å². The van der Waals surface area contributed by atoms with Gasteiger partial charge in [-0.2, -0.15) is 0 Å². The second-order valence-corrected chi connectivity index (χ2v) is 7.66. The summed E-state index contributed by atoms with van der Waals surface area (Å²) in [6.45, 7) is 11.5. The Hall–Kier alpha value is -1.22. The van der Waals surface area contributed by atoms with E-state index in [4.69, 9.17) is 4.74 Å². The number of anilines is 1. The summed E-state index contributed by atoms with van der Waals surface area (Å²) in [7, 11) is 3.98. The molecule has 0 unspecified atom stereocenters. The van der Waals surface area contributed by atoms with Crippen LogP contribution in [-0.4, -0.2) is 45.2 Å². The molecule has 0 aromatic heterocycles. The molecule has 20 heavy (non-hydrogen) atoms. The maximum Gasteiger partial charge on any atom is 0.142 e. The lowest BCUT2D eigenvalue weighted by Gasteiger charge is -2.60. The van der Waals surface area contributed by atoms with Crippen LogP contribution in [-0.2, 0) is 5.41 Å². The Balaban J connectivity index is 1.78. The zero-order valence-electron chi connectivity index (χ0n) is 13.4. The molecule has 0 radical (unpaired) electrons. The first-order valence-corrected chi connectivity index (χ1v) is 7.45. The number of ether oxygens (including phenoxy) is 1. The van der Waals surface area contributed by atoms with Gasteiger partial charge in [0.15, 0.2) is 0 Å². The Morgan fingerprint density at radius 1 is 1.10 bits per heavy atom. The fourth-order valence-corrected chi connectivity index (χ4v) is 3.64. The standard InChI is InChI=1S/C17H26N2O/c1-16(2,3)13-6-7-14(15(8-13)20-5)19-11-17(12-19)9-18(4)10-17/h6-8H,9-12H2,1-5H3. The SMILES string of the molecule is COc1cc(C(C)(C)C)ccc1N1CC2(CN(C)C2)C1. The molecule has 0 aliphatic carbocycles. The molecule has 3 rings (SSSR count). The highest BCUT2D eigenvalue weighted by atomic mass is 16.5. The molecule has 2 fully saturated rings. The average Bonchev–Trinajstić information content (AvgIpc) is 2.30. The fraction of sp³-hybridized carbons (Fsp3) is 0.647. The van der Waals surface area contributed by atoms with Crippen molar-refractivity contribution in [3.8, 4) is 5.75 Å². The summed E-state index contributed by atoms with van der Waals surface area (Å²) >= 11 is 0. The van der Waals surface area contributed by atoms with Crippen molar-refractivity contribution in [2.45, 2.75) is 26.2 Å². The lowest BCUT2D eigenvalue weighted by molar-refractivity contribution is -0.00258. The Bertz CT molecular complexity index is 504. The predicted octanol–water partition coefficient (Wildman–Crippen LogP) is 2.74. The van der Waals surface area contributed by atoms with Crippen LogP contribution < -0.4 is 9.64 Å². The van der Waals surface area contributed by atoms with E-state index in [1.807, 2.05) is 0 Å². The molecule has 2 aliphatic rings. The van der Waals surface area contributed by atoms with Gasteiger partial charge in [0.1, 0.15) is 5.75 Å². The molecule has 1 aromatic carbocycles. The van der Waals surface area contributed by atoms with Gasteiger partial charge in [0.2, 0.25) is 0 Å². The molecular weight excluding hydrogens is 248 g/mol. The van der Waals surface area contributed by atoms with E-state index < -0.39 is 0 Å². The monoisotopic (exact) mass is 274 g/mol. The highest BCUT2D eigenvalue weighted by molar-refractivity contribution is 5.62. The van der Waals surface area contributed by atoms with E-state index >= 15 is 0 Å². The molecule has 0 atom stereocenters. The summed E-state index contributed by atoms with van der Waals surface area (Å²) in [5.41, 5.74) is 3.30. The minimum atomic E-state index is 0.165. The number of hydrogen-bond donors (Lipinski definition) is 0. The summed E-state index contributed by atoms with van der Waals surface area (Å²) in [4.78, 5) is 4.86. The van der Waals surface area contributed by atoms with Crippen molar-refractivity contribution >= 4 is 5.69 Å². The molecule has 2 saturated heterocycles. The van der Waals surface area contributed by atoms with Gasteiger partial charge in [-0.1, -0.05) is 26.8 Å². The van der Waals surface area contributed by atoms with E-state index in [2.05, 4.69) is 55.8 Å². The molecule has 3 heteroatoms. The van der Waals surface area contributed by atoms with Gasteiger partial charge in [-0.15, -0.1) is 0 Å². The second kappa shape index (κ2) is 4.39. The van der Waals surface area contributed by atoms with Crippen LogP contribution in [0.15, 0.2) is 18.2 Å². The zero-order valence-corrected chi connectivity index (χ0v) is 13.4. The number of likely N-dealkylation sites (tertiary alicyclic amines) is 1. The largest absolute Gasteiger partial charge is 0.495 e. The van der Waals surface area contributed by atoms with Crippen molar-refractivity contribution in [2.75, 3.05) is 45.2 Å². The molecule has 1 aromatic rings. The summed E-state index contributed by atoms with van der Waals surface area (Å²) in [6.07, 6.45) is 0. The van der Waals surface area contributed by atoms with Gasteiger partial charge in [-0.25, -0.2) is 0 Å². The molecule has 2 heterocycles. The second-order valence-electron chi connectivity index (χ2n) is 7.66. The van der Waals surface area contributed by atoms with E-state index in [0.717, 1.165) is 5.75 Å². The molecular formula is C17H26N2O. The van der Waals surface area contributed by atoms with Crippen molar-refractivity contribution in [2.24, 2.45) is 5.41 Å². The summed E-state index contributed by atoms with van der Waals surface area (Å²) in [5.74, 6) is 1.01. The van der Waals surface area contributed by atoms with Crippen LogP contribution in [0.5, 0.6) is 5.75 Å². The van der Waals surface area contributed by atoms with E-state index in [9.17, 15) is 0 Å². The summed E-state index contributed by atoms with van der Waals surface area (Å²) in [6, 6.07) is 6.68. The van der Waals surface area contributed by atoms with Crippen molar-refractivity contribution < 1.29 is 4.74 Å². The lowest BCUT2D eigenvalue weighted by Crippen LogP contribution is -2.71. The molecule has 2 aliphatic heterocycles. The Morgan fingerprint density at radius 2 is 1.75 bits per heavy atom. The number of hydrogen-bond acceptors (Lipinski definition) is 3. The minimum Gasteiger partial charge on any atom is -0.495 e. The van der Waals surface area contributed by atoms with Crippen LogP contribution >= 0.6 is 0 Å². The average molecular weight is 274 g/mol. The lowest BCUT2D eigenvalue weighted by atomic mass is 9.73. The van der Waals surface area contributed by atoms with Gasteiger partial charge < -0.3 is 14.5 Å². The Labute approximate surface area is 122 Å². The quantitative estimate of drug-likeness (QED) is 0.825. The number of nitrogens with zero attached hydrogens (tertiary/aromatic N) is 2. The molecule has 0 N–H and O–H groups in total. The van der Waals surface area contributed by atoms with Crippen LogP contribution in [0.2, 0.25) is 0 Å². The molecule has 0 saturated carbocycles. The Kier molecular flexibility index (Phi) is 3.02. The normalized spacial score (nSPS) is 21.6. The number of rotatable bonds is 2. The van der Waals surface area contributed by atoms with Crippen LogP contribution in [0, 0.1) is 5.41 Å². The van der Waals surface area contributed by atoms with E-state index in [1.165, 1.54) is 37.4 Å². The third-order valence-corrected chi connectivity index (χ3v) is 4.65. The smallest absolute Gasteiger partial charge is 0.142 e.